The van der Waals surface area contributed by atoms with Crippen molar-refractivity contribution in [2.24, 2.45) is 5.41 Å². The maximum Gasteiger partial charge on any atom is 0.297 e. The van der Waals surface area contributed by atoms with Gasteiger partial charge in [-0.2, -0.15) is 0 Å². The van der Waals surface area contributed by atoms with Gasteiger partial charge in [0.25, 0.3) is 6.43 Å². The van der Waals surface area contributed by atoms with Crippen LogP contribution < -0.4 is 0 Å². The number of halogens is 3. The molecule has 0 aliphatic rings. The van der Waals surface area contributed by atoms with Crippen molar-refractivity contribution in [2.45, 2.75) is 52.8 Å². The fourth-order valence-electron chi connectivity index (χ4n) is 1.82. The van der Waals surface area contributed by atoms with Gasteiger partial charge in [0.2, 0.25) is 9.04 Å². The Labute approximate surface area is 125 Å². The molecule has 0 saturated carbocycles. The highest BCUT2D eigenvalue weighted by molar-refractivity contribution is 6.48. The summed E-state index contributed by atoms with van der Waals surface area (Å²) in [6.45, 7) is 11.9. The van der Waals surface area contributed by atoms with E-state index < -0.39 is 26.9 Å². The van der Waals surface area contributed by atoms with Crippen LogP contribution in [0.5, 0.6) is 0 Å². The van der Waals surface area contributed by atoms with Crippen LogP contribution in [0, 0.1) is 5.41 Å². The number of alkyl halides is 2. The van der Waals surface area contributed by atoms with E-state index in [0.717, 1.165) is 0 Å². The first kappa shape index (κ1) is 17.5. The average molecular weight is 322 g/mol. The van der Waals surface area contributed by atoms with Crippen LogP contribution in [0.1, 0.15) is 45.5 Å². The summed E-state index contributed by atoms with van der Waals surface area (Å²) in [4.78, 5) is 7.41. The second kappa shape index (κ2) is 6.03. The highest BCUT2D eigenvalue weighted by Crippen LogP contribution is 2.44. The van der Waals surface area contributed by atoms with Gasteiger partial charge in [-0.15, -0.1) is 0 Å². The molecule has 0 amide bonds. The molecule has 3 nitrogen and oxygen atoms in total. The molecule has 0 fully saturated rings. The van der Waals surface area contributed by atoms with Gasteiger partial charge in [-0.05, 0) is 25.4 Å². The molecule has 0 aromatic carbocycles. The fourth-order valence-corrected chi connectivity index (χ4v) is 3.37. The van der Waals surface area contributed by atoms with Crippen LogP contribution in [0.25, 0.3) is 0 Å². The molecule has 0 N–H and O–H groups in total. The third-order valence-electron chi connectivity index (χ3n) is 3.31. The summed E-state index contributed by atoms with van der Waals surface area (Å²) in [5.74, 6) is -0.562. The molecule has 1 heterocycles. The minimum atomic E-state index is -2.74. The van der Waals surface area contributed by atoms with Gasteiger partial charge in [-0.1, -0.05) is 32.4 Å². The molecule has 1 unspecified atom stereocenters. The van der Waals surface area contributed by atoms with Crippen molar-refractivity contribution >= 4 is 20.6 Å². The lowest BCUT2D eigenvalue weighted by atomic mass is 9.74. The Kier molecular flexibility index (Phi) is 5.27. The van der Waals surface area contributed by atoms with Crippen molar-refractivity contribution < 1.29 is 13.2 Å². The van der Waals surface area contributed by atoms with E-state index in [1.54, 1.807) is 0 Å². The molecule has 113 valence electrons. The van der Waals surface area contributed by atoms with Gasteiger partial charge < -0.3 is 4.43 Å². The largest absolute Gasteiger partial charge is 0.407 e. The summed E-state index contributed by atoms with van der Waals surface area (Å²) in [7, 11) is -1.03. The Morgan fingerprint density at radius 2 is 1.80 bits per heavy atom. The van der Waals surface area contributed by atoms with Crippen molar-refractivity contribution in [2.75, 3.05) is 0 Å². The first-order valence-electron chi connectivity index (χ1n) is 6.29. The predicted molar refractivity (Wildman–Crippen MR) is 77.4 cm³/mol. The zero-order valence-corrected chi connectivity index (χ0v) is 14.3. The summed E-state index contributed by atoms with van der Waals surface area (Å²) in [5.41, 5.74) is -0.473. The maximum atomic E-state index is 12.6. The first-order valence-corrected chi connectivity index (χ1v) is 9.08. The van der Waals surface area contributed by atoms with Crippen LogP contribution in [0.2, 0.25) is 18.2 Å². The maximum absolute atomic E-state index is 12.6. The van der Waals surface area contributed by atoms with E-state index in [2.05, 4.69) is 9.97 Å². The van der Waals surface area contributed by atoms with Crippen LogP contribution in [0.15, 0.2) is 6.20 Å². The summed E-state index contributed by atoms with van der Waals surface area (Å²) >= 11 is 6.09. The molecule has 0 aliphatic carbocycles. The van der Waals surface area contributed by atoms with Crippen molar-refractivity contribution in [3.63, 3.8) is 0 Å². The number of aromatic nitrogens is 2. The molecular weight excluding hydrogens is 302 g/mol. The Morgan fingerprint density at radius 1 is 1.25 bits per heavy atom. The number of rotatable bonds is 4. The highest BCUT2D eigenvalue weighted by Gasteiger charge is 2.43. The first-order chi connectivity index (χ1) is 8.99. The van der Waals surface area contributed by atoms with E-state index >= 15 is 0 Å². The molecule has 0 spiro atoms. The number of nitrogens with zero attached hydrogens (tertiary/aromatic N) is 2. The van der Waals surface area contributed by atoms with Crippen LogP contribution >= 0.6 is 11.6 Å². The van der Waals surface area contributed by atoms with Crippen molar-refractivity contribution in [1.82, 2.24) is 9.97 Å². The van der Waals surface area contributed by atoms with Crippen molar-refractivity contribution in [3.8, 4) is 0 Å². The molecule has 7 heteroatoms. The van der Waals surface area contributed by atoms with E-state index in [1.807, 2.05) is 40.8 Å². The highest BCUT2D eigenvalue weighted by atomic mass is 35.5. The molecule has 0 aliphatic heterocycles. The fraction of sp³-hybridized carbons (Fsp3) is 0.692. The predicted octanol–water partition coefficient (Wildman–Crippen LogP) is 4.60. The normalized spacial score (nSPS) is 15.8. The monoisotopic (exact) mass is 321 g/mol. The minimum Gasteiger partial charge on any atom is -0.407 e. The Morgan fingerprint density at radius 3 is 2.15 bits per heavy atom. The van der Waals surface area contributed by atoms with E-state index in [0.29, 0.717) is 5.56 Å². The summed E-state index contributed by atoms with van der Waals surface area (Å²) in [6, 6.07) is 0. The van der Waals surface area contributed by atoms with Crippen LogP contribution in [0.3, 0.4) is 0 Å². The molecule has 20 heavy (non-hydrogen) atoms. The summed E-state index contributed by atoms with van der Waals surface area (Å²) < 4.78 is 31.3. The van der Waals surface area contributed by atoms with Gasteiger partial charge in [0.15, 0.2) is 5.82 Å². The minimum absolute atomic E-state index is 0.0241. The van der Waals surface area contributed by atoms with Gasteiger partial charge in [0.1, 0.15) is 5.15 Å². The second-order valence-corrected chi connectivity index (χ2v) is 8.41. The lowest BCUT2D eigenvalue weighted by molar-refractivity contribution is -0.0243. The zero-order chi connectivity index (χ0) is 15.7. The second-order valence-electron chi connectivity index (χ2n) is 6.03. The standard InChI is InChI=1S/C13H20ClF2N2OSi/c1-12(2,3)13(4,19-20(5)6)8-7-17-11(10(15)16)18-9(8)14/h7,10H,1-6H3. The quantitative estimate of drug-likeness (QED) is 0.600. The van der Waals surface area contributed by atoms with Gasteiger partial charge in [0, 0.05) is 11.8 Å². The zero-order valence-electron chi connectivity index (χ0n) is 12.6. The third-order valence-corrected chi connectivity index (χ3v) is 4.41. The topological polar surface area (TPSA) is 35.0 Å². The molecule has 1 aromatic rings. The molecule has 1 radical (unpaired) electrons. The smallest absolute Gasteiger partial charge is 0.297 e. The number of hydrogen-bond acceptors (Lipinski definition) is 3. The van der Waals surface area contributed by atoms with E-state index in [4.69, 9.17) is 16.0 Å². The Hall–Kier alpha value is -0.593. The van der Waals surface area contributed by atoms with Crippen molar-refractivity contribution in [3.05, 3.63) is 22.7 Å². The molecule has 1 aromatic heterocycles. The van der Waals surface area contributed by atoms with Crippen LogP contribution in [0.4, 0.5) is 8.78 Å². The van der Waals surface area contributed by atoms with Gasteiger partial charge in [-0.25, -0.2) is 18.7 Å². The van der Waals surface area contributed by atoms with E-state index in [-0.39, 0.29) is 10.6 Å². The average Bonchev–Trinajstić information content (AvgIpc) is 2.25. The van der Waals surface area contributed by atoms with E-state index in [1.165, 1.54) is 6.20 Å². The molecule has 1 rings (SSSR count). The Balaban J connectivity index is 3.36. The lowest BCUT2D eigenvalue weighted by Crippen LogP contribution is -2.43. The van der Waals surface area contributed by atoms with Gasteiger partial charge in [0.05, 0.1) is 5.60 Å². The summed E-state index contributed by atoms with van der Waals surface area (Å²) in [6.07, 6.45) is -1.38. The Bertz CT molecular complexity index is 480. The molecule has 1 atom stereocenters. The molecule has 0 bridgehead atoms. The van der Waals surface area contributed by atoms with Gasteiger partial charge in [-0.3, -0.25) is 0 Å². The third kappa shape index (κ3) is 3.54. The molecular formula is C13H20ClF2N2OSi. The number of hydrogen-bond donors (Lipinski definition) is 0. The SMILES string of the molecule is C[Si](C)OC(C)(c1cnc(C(F)F)nc1Cl)C(C)(C)C. The lowest BCUT2D eigenvalue weighted by Gasteiger charge is -2.43. The van der Waals surface area contributed by atoms with Crippen LogP contribution in [-0.2, 0) is 10.0 Å². The van der Waals surface area contributed by atoms with Crippen LogP contribution in [-0.4, -0.2) is 19.0 Å². The summed E-state index contributed by atoms with van der Waals surface area (Å²) in [5, 5.41) is 0.0241. The molecule has 0 saturated heterocycles. The van der Waals surface area contributed by atoms with Gasteiger partial charge >= 0.3 is 0 Å². The van der Waals surface area contributed by atoms with E-state index in [9.17, 15) is 8.78 Å². The van der Waals surface area contributed by atoms with Crippen molar-refractivity contribution in [1.29, 1.82) is 0 Å².